The molecule has 2 amide bonds. The fourth-order valence-corrected chi connectivity index (χ4v) is 2.87. The smallest absolute Gasteiger partial charge is 0.302 e. The molecule has 26 heavy (non-hydrogen) atoms. The molecule has 0 aliphatic heterocycles. The third-order valence-corrected chi connectivity index (χ3v) is 4.22. The Balaban J connectivity index is 1.90. The standard InChI is InChI=1S/C18H19N3O4S/c1-12-16(17(24)19-10-11-25-13(2)22)26-18(20-12)21-15(23)9-8-14-6-4-3-5-7-14/h3-9H,10-11H2,1-2H3,(H,19,24)(H,20,21,23). The van der Waals surface area contributed by atoms with Crippen molar-refractivity contribution < 1.29 is 19.1 Å². The van der Waals surface area contributed by atoms with Crippen LogP contribution in [0, 0.1) is 6.92 Å². The van der Waals surface area contributed by atoms with Crippen molar-refractivity contribution in [3.05, 3.63) is 52.5 Å². The van der Waals surface area contributed by atoms with E-state index in [2.05, 4.69) is 15.6 Å². The highest BCUT2D eigenvalue weighted by atomic mass is 32.1. The van der Waals surface area contributed by atoms with Crippen LogP contribution in [0.1, 0.15) is 27.9 Å². The summed E-state index contributed by atoms with van der Waals surface area (Å²) >= 11 is 1.09. The van der Waals surface area contributed by atoms with Gasteiger partial charge in [-0.2, -0.15) is 0 Å². The van der Waals surface area contributed by atoms with Crippen LogP contribution in [0.4, 0.5) is 5.13 Å². The van der Waals surface area contributed by atoms with Crippen molar-refractivity contribution in [1.29, 1.82) is 0 Å². The van der Waals surface area contributed by atoms with Crippen LogP contribution in [0.25, 0.3) is 6.08 Å². The van der Waals surface area contributed by atoms with Crippen molar-refractivity contribution in [1.82, 2.24) is 10.3 Å². The fourth-order valence-electron chi connectivity index (χ4n) is 1.98. The number of carbonyl (C=O) groups excluding carboxylic acids is 3. The molecule has 2 aromatic rings. The molecule has 1 aromatic carbocycles. The van der Waals surface area contributed by atoms with Gasteiger partial charge >= 0.3 is 5.97 Å². The van der Waals surface area contributed by atoms with E-state index in [0.29, 0.717) is 15.7 Å². The normalized spacial score (nSPS) is 10.5. The third-order valence-electron chi connectivity index (χ3n) is 3.15. The van der Waals surface area contributed by atoms with Crippen LogP contribution in [0.5, 0.6) is 0 Å². The van der Waals surface area contributed by atoms with Gasteiger partial charge in [0.05, 0.1) is 12.2 Å². The van der Waals surface area contributed by atoms with Gasteiger partial charge in [-0.1, -0.05) is 41.7 Å². The lowest BCUT2D eigenvalue weighted by molar-refractivity contribution is -0.140. The van der Waals surface area contributed by atoms with Gasteiger partial charge in [0, 0.05) is 13.0 Å². The van der Waals surface area contributed by atoms with Crippen molar-refractivity contribution in [2.24, 2.45) is 0 Å². The summed E-state index contributed by atoms with van der Waals surface area (Å²) in [7, 11) is 0. The van der Waals surface area contributed by atoms with Crippen molar-refractivity contribution in [2.75, 3.05) is 18.5 Å². The van der Waals surface area contributed by atoms with Crippen molar-refractivity contribution in [3.63, 3.8) is 0 Å². The van der Waals surface area contributed by atoms with E-state index in [1.807, 2.05) is 30.3 Å². The van der Waals surface area contributed by atoms with Crippen LogP contribution in [-0.4, -0.2) is 35.9 Å². The van der Waals surface area contributed by atoms with Gasteiger partial charge < -0.3 is 10.1 Å². The monoisotopic (exact) mass is 373 g/mol. The minimum absolute atomic E-state index is 0.104. The van der Waals surface area contributed by atoms with Crippen LogP contribution in [-0.2, 0) is 14.3 Å². The highest BCUT2D eigenvalue weighted by Crippen LogP contribution is 2.22. The largest absolute Gasteiger partial charge is 0.464 e. The highest BCUT2D eigenvalue weighted by molar-refractivity contribution is 7.17. The Kier molecular flexibility index (Phi) is 7.04. The number of hydrogen-bond donors (Lipinski definition) is 2. The maximum Gasteiger partial charge on any atom is 0.302 e. The number of anilines is 1. The van der Waals surface area contributed by atoms with E-state index < -0.39 is 5.97 Å². The van der Waals surface area contributed by atoms with E-state index in [0.717, 1.165) is 16.9 Å². The quantitative estimate of drug-likeness (QED) is 0.441. The summed E-state index contributed by atoms with van der Waals surface area (Å²) in [5, 5.41) is 5.62. The van der Waals surface area contributed by atoms with Gasteiger partial charge in [-0.25, -0.2) is 4.98 Å². The summed E-state index contributed by atoms with van der Waals surface area (Å²) in [6, 6.07) is 9.43. The molecule has 8 heteroatoms. The minimum atomic E-state index is -0.401. The molecule has 7 nitrogen and oxygen atoms in total. The summed E-state index contributed by atoms with van der Waals surface area (Å²) in [5.74, 6) is -1.06. The second-order valence-corrected chi connectivity index (χ2v) is 6.26. The molecule has 0 saturated carbocycles. The van der Waals surface area contributed by atoms with Gasteiger partial charge in [0.25, 0.3) is 5.91 Å². The van der Waals surface area contributed by atoms with Crippen molar-refractivity contribution in [2.45, 2.75) is 13.8 Å². The first-order valence-corrected chi connectivity index (χ1v) is 8.70. The maximum atomic E-state index is 12.1. The van der Waals surface area contributed by atoms with E-state index in [9.17, 15) is 14.4 Å². The van der Waals surface area contributed by atoms with Crippen LogP contribution < -0.4 is 10.6 Å². The second kappa shape index (κ2) is 9.47. The Morgan fingerprint density at radius 2 is 1.96 bits per heavy atom. The molecule has 0 radical (unpaired) electrons. The molecule has 0 fully saturated rings. The predicted octanol–water partition coefficient (Wildman–Crippen LogP) is 2.40. The number of aryl methyl sites for hydroxylation is 1. The highest BCUT2D eigenvalue weighted by Gasteiger charge is 2.15. The first-order valence-electron chi connectivity index (χ1n) is 7.89. The molecular formula is C18H19N3O4S. The SMILES string of the molecule is CC(=O)OCCNC(=O)c1sc(NC(=O)C=Cc2ccccc2)nc1C. The van der Waals surface area contributed by atoms with E-state index in [4.69, 9.17) is 4.74 Å². The minimum Gasteiger partial charge on any atom is -0.464 e. The number of hydrogen-bond acceptors (Lipinski definition) is 6. The molecule has 0 aliphatic carbocycles. The molecule has 0 spiro atoms. The topological polar surface area (TPSA) is 97.4 Å². The number of aromatic nitrogens is 1. The average Bonchev–Trinajstić information content (AvgIpc) is 2.97. The number of benzene rings is 1. The Bertz CT molecular complexity index is 815. The number of esters is 1. The van der Waals surface area contributed by atoms with Crippen LogP contribution in [0.3, 0.4) is 0 Å². The molecule has 0 bridgehead atoms. The van der Waals surface area contributed by atoms with Gasteiger partial charge in [-0.15, -0.1) is 0 Å². The summed E-state index contributed by atoms with van der Waals surface area (Å²) in [6.07, 6.45) is 3.10. The Labute approximate surface area is 155 Å². The molecule has 0 atom stereocenters. The number of amides is 2. The predicted molar refractivity (Wildman–Crippen MR) is 99.9 cm³/mol. The number of rotatable bonds is 7. The molecule has 2 N–H and O–H groups in total. The first-order chi connectivity index (χ1) is 12.5. The van der Waals surface area contributed by atoms with Crippen LogP contribution in [0.2, 0.25) is 0 Å². The zero-order valence-corrected chi connectivity index (χ0v) is 15.3. The summed E-state index contributed by atoms with van der Waals surface area (Å²) < 4.78 is 4.75. The van der Waals surface area contributed by atoms with Gasteiger partial charge in [-0.05, 0) is 18.6 Å². The lowest BCUT2D eigenvalue weighted by Crippen LogP contribution is -2.27. The van der Waals surface area contributed by atoms with Crippen molar-refractivity contribution >= 4 is 40.3 Å². The fraction of sp³-hybridized carbons (Fsp3) is 0.222. The number of thiazole rings is 1. The lowest BCUT2D eigenvalue weighted by Gasteiger charge is -2.03. The van der Waals surface area contributed by atoms with E-state index >= 15 is 0 Å². The zero-order chi connectivity index (χ0) is 18.9. The van der Waals surface area contributed by atoms with Gasteiger partial charge in [0.2, 0.25) is 5.91 Å². The van der Waals surface area contributed by atoms with Crippen LogP contribution in [0.15, 0.2) is 36.4 Å². The molecule has 0 aliphatic rings. The Morgan fingerprint density at radius 1 is 1.23 bits per heavy atom. The first kappa shape index (κ1) is 19.3. The summed E-state index contributed by atoms with van der Waals surface area (Å²) in [4.78, 5) is 39.3. The molecule has 1 aromatic heterocycles. The maximum absolute atomic E-state index is 12.1. The molecule has 0 saturated heterocycles. The van der Waals surface area contributed by atoms with Crippen molar-refractivity contribution in [3.8, 4) is 0 Å². The van der Waals surface area contributed by atoms with Gasteiger partial charge in [0.15, 0.2) is 5.13 Å². The number of ether oxygens (including phenoxy) is 1. The summed E-state index contributed by atoms with van der Waals surface area (Å²) in [6.45, 7) is 3.30. The third kappa shape index (κ3) is 6.14. The molecule has 0 unspecified atom stereocenters. The van der Waals surface area contributed by atoms with E-state index in [1.165, 1.54) is 13.0 Å². The van der Waals surface area contributed by atoms with Gasteiger partial charge in [0.1, 0.15) is 11.5 Å². The van der Waals surface area contributed by atoms with Gasteiger partial charge in [-0.3, -0.25) is 19.7 Å². The zero-order valence-electron chi connectivity index (χ0n) is 14.4. The summed E-state index contributed by atoms with van der Waals surface area (Å²) in [5.41, 5.74) is 1.42. The van der Waals surface area contributed by atoms with Crippen LogP contribution >= 0.6 is 11.3 Å². The number of carbonyl (C=O) groups is 3. The molecular weight excluding hydrogens is 354 g/mol. The van der Waals surface area contributed by atoms with E-state index in [1.54, 1.807) is 13.0 Å². The number of nitrogens with zero attached hydrogens (tertiary/aromatic N) is 1. The van der Waals surface area contributed by atoms with E-state index in [-0.39, 0.29) is 25.0 Å². The molecule has 136 valence electrons. The molecule has 1 heterocycles. The average molecular weight is 373 g/mol. The number of nitrogens with one attached hydrogen (secondary N) is 2. The lowest BCUT2D eigenvalue weighted by atomic mass is 10.2. The molecule has 2 rings (SSSR count). The Hall–Kier alpha value is -3.00. The Morgan fingerprint density at radius 3 is 2.65 bits per heavy atom. The second-order valence-electron chi connectivity index (χ2n) is 5.26.